The number of rotatable bonds is 3. The van der Waals surface area contributed by atoms with Crippen LogP contribution < -0.4 is 14.4 Å². The van der Waals surface area contributed by atoms with Gasteiger partial charge < -0.3 is 19.3 Å². The largest absolute Gasteiger partial charge is 0.486 e. The molecule has 0 radical (unpaired) electrons. The van der Waals surface area contributed by atoms with Crippen LogP contribution in [0.1, 0.15) is 11.1 Å². The van der Waals surface area contributed by atoms with E-state index in [1.807, 2.05) is 31.2 Å². The van der Waals surface area contributed by atoms with E-state index in [1.165, 1.54) is 10.5 Å². The molecule has 2 aromatic carbocycles. The molecule has 1 saturated heterocycles. The Hall–Kier alpha value is -3.02. The van der Waals surface area contributed by atoms with Crippen molar-refractivity contribution in [3.05, 3.63) is 53.6 Å². The fourth-order valence-electron chi connectivity index (χ4n) is 3.19. The lowest BCUT2D eigenvalue weighted by Crippen LogP contribution is -2.54. The highest BCUT2D eigenvalue weighted by Gasteiger charge is 2.33. The summed E-state index contributed by atoms with van der Waals surface area (Å²) in [6.45, 7) is 4.41. The van der Waals surface area contributed by atoms with Crippen LogP contribution in [0.25, 0.3) is 0 Å². The monoisotopic (exact) mass is 352 g/mol. The van der Waals surface area contributed by atoms with Crippen molar-refractivity contribution in [1.29, 1.82) is 0 Å². The van der Waals surface area contributed by atoms with Gasteiger partial charge in [-0.15, -0.1) is 0 Å². The number of hydrogen-bond donors (Lipinski definition) is 0. The van der Waals surface area contributed by atoms with E-state index in [2.05, 4.69) is 0 Å². The van der Waals surface area contributed by atoms with Crippen LogP contribution in [0.3, 0.4) is 0 Å². The first-order valence-corrected chi connectivity index (χ1v) is 8.68. The van der Waals surface area contributed by atoms with Crippen LogP contribution >= 0.6 is 0 Å². The van der Waals surface area contributed by atoms with Crippen molar-refractivity contribution in [3.63, 3.8) is 0 Å². The second-order valence-electron chi connectivity index (χ2n) is 6.50. The predicted octanol–water partition coefficient (Wildman–Crippen LogP) is 2.14. The van der Waals surface area contributed by atoms with Crippen molar-refractivity contribution in [2.24, 2.45) is 0 Å². The van der Waals surface area contributed by atoms with Crippen LogP contribution in [0.5, 0.6) is 11.5 Å². The smallest absolute Gasteiger partial charge is 0.316 e. The summed E-state index contributed by atoms with van der Waals surface area (Å²) in [6.07, 6.45) is 0. The molecule has 2 aliphatic rings. The molecular weight excluding hydrogens is 332 g/mol. The lowest BCUT2D eigenvalue weighted by atomic mass is 10.1. The molecule has 0 N–H and O–H groups in total. The Labute approximate surface area is 151 Å². The minimum absolute atomic E-state index is 0.444. The quantitative estimate of drug-likeness (QED) is 0.794. The highest BCUT2D eigenvalue weighted by molar-refractivity contribution is 6.41. The van der Waals surface area contributed by atoms with Crippen molar-refractivity contribution < 1.29 is 19.1 Å². The zero-order valence-electron chi connectivity index (χ0n) is 14.6. The Balaban J connectivity index is 1.49. The van der Waals surface area contributed by atoms with E-state index in [4.69, 9.17) is 9.47 Å². The number of anilines is 1. The van der Waals surface area contributed by atoms with E-state index in [9.17, 15) is 9.59 Å². The van der Waals surface area contributed by atoms with E-state index in [1.54, 1.807) is 23.1 Å². The molecule has 0 atom stereocenters. The maximum Gasteiger partial charge on any atom is 0.316 e. The third kappa shape index (κ3) is 3.10. The van der Waals surface area contributed by atoms with Crippen molar-refractivity contribution in [3.8, 4) is 11.5 Å². The molecule has 2 heterocycles. The Morgan fingerprint density at radius 3 is 2.38 bits per heavy atom. The molecule has 0 bridgehead atoms. The van der Waals surface area contributed by atoms with Crippen molar-refractivity contribution >= 4 is 17.5 Å². The molecule has 0 saturated carbocycles. The van der Waals surface area contributed by atoms with Crippen LogP contribution in [-0.2, 0) is 16.1 Å². The van der Waals surface area contributed by atoms with Crippen LogP contribution in [0, 0.1) is 6.92 Å². The maximum absolute atomic E-state index is 12.6. The van der Waals surface area contributed by atoms with E-state index in [0.717, 1.165) is 5.56 Å². The van der Waals surface area contributed by atoms with Gasteiger partial charge in [-0.2, -0.15) is 0 Å². The standard InChI is InChI=1S/C20H20N2O4/c1-14-2-4-15(5-3-14)13-21-8-9-22(20(24)19(21)23)16-6-7-17-18(12-16)26-11-10-25-17/h2-7,12H,8-11,13H2,1H3. The fourth-order valence-corrected chi connectivity index (χ4v) is 3.19. The van der Waals surface area contributed by atoms with E-state index < -0.39 is 11.8 Å². The number of fused-ring (bicyclic) bond motifs is 1. The van der Waals surface area contributed by atoms with Gasteiger partial charge >= 0.3 is 11.8 Å². The second kappa shape index (κ2) is 6.71. The fraction of sp³-hybridized carbons (Fsp3) is 0.300. The maximum atomic E-state index is 12.6. The number of hydrogen-bond acceptors (Lipinski definition) is 4. The number of carbonyl (C=O) groups excluding carboxylic acids is 2. The van der Waals surface area contributed by atoms with Crippen molar-refractivity contribution in [1.82, 2.24) is 4.90 Å². The Morgan fingerprint density at radius 2 is 1.62 bits per heavy atom. The van der Waals surface area contributed by atoms with Gasteiger partial charge in [0.25, 0.3) is 0 Å². The zero-order chi connectivity index (χ0) is 18.1. The van der Waals surface area contributed by atoms with Gasteiger partial charge in [-0.05, 0) is 24.6 Å². The minimum Gasteiger partial charge on any atom is -0.486 e. The van der Waals surface area contributed by atoms with Gasteiger partial charge in [0.1, 0.15) is 13.2 Å². The molecule has 0 unspecified atom stereocenters. The number of piperazine rings is 1. The molecule has 0 spiro atoms. The highest BCUT2D eigenvalue weighted by Crippen LogP contribution is 2.34. The summed E-state index contributed by atoms with van der Waals surface area (Å²) in [5, 5.41) is 0. The van der Waals surface area contributed by atoms with Gasteiger partial charge in [0, 0.05) is 31.4 Å². The van der Waals surface area contributed by atoms with E-state index >= 15 is 0 Å². The molecule has 6 nitrogen and oxygen atoms in total. The molecule has 6 heteroatoms. The number of nitrogens with zero attached hydrogens (tertiary/aromatic N) is 2. The van der Waals surface area contributed by atoms with Crippen LogP contribution in [0.15, 0.2) is 42.5 Å². The topological polar surface area (TPSA) is 59.1 Å². The molecule has 2 aromatic rings. The number of aryl methyl sites for hydroxylation is 1. The molecule has 134 valence electrons. The molecule has 2 aliphatic heterocycles. The molecule has 1 fully saturated rings. The molecule has 0 aliphatic carbocycles. The van der Waals surface area contributed by atoms with Gasteiger partial charge in [-0.25, -0.2) is 0 Å². The number of benzene rings is 2. The predicted molar refractivity (Wildman–Crippen MR) is 96.4 cm³/mol. The third-order valence-corrected chi connectivity index (χ3v) is 4.64. The summed E-state index contributed by atoms with van der Waals surface area (Å²) in [6, 6.07) is 13.3. The van der Waals surface area contributed by atoms with E-state index in [0.29, 0.717) is 50.0 Å². The number of ether oxygens (including phenoxy) is 2. The number of carbonyl (C=O) groups is 2. The van der Waals surface area contributed by atoms with Gasteiger partial charge in [0.2, 0.25) is 0 Å². The summed E-state index contributed by atoms with van der Waals surface area (Å²) < 4.78 is 11.1. The molecule has 26 heavy (non-hydrogen) atoms. The lowest BCUT2D eigenvalue weighted by Gasteiger charge is -2.34. The summed E-state index contributed by atoms with van der Waals surface area (Å²) in [5.74, 6) is 0.277. The van der Waals surface area contributed by atoms with Crippen LogP contribution in [-0.4, -0.2) is 43.0 Å². The minimum atomic E-state index is -0.514. The lowest BCUT2D eigenvalue weighted by molar-refractivity contribution is -0.146. The summed E-state index contributed by atoms with van der Waals surface area (Å²) >= 11 is 0. The Kier molecular flexibility index (Phi) is 4.24. The first-order valence-electron chi connectivity index (χ1n) is 8.68. The van der Waals surface area contributed by atoms with Gasteiger partial charge in [0.05, 0.1) is 0 Å². The van der Waals surface area contributed by atoms with Crippen molar-refractivity contribution in [2.75, 3.05) is 31.2 Å². The first kappa shape index (κ1) is 16.4. The van der Waals surface area contributed by atoms with Crippen LogP contribution in [0.2, 0.25) is 0 Å². The molecule has 0 aromatic heterocycles. The van der Waals surface area contributed by atoms with Crippen LogP contribution in [0.4, 0.5) is 5.69 Å². The summed E-state index contributed by atoms with van der Waals surface area (Å²) in [4.78, 5) is 28.3. The number of amides is 2. The summed E-state index contributed by atoms with van der Waals surface area (Å²) in [5.41, 5.74) is 2.84. The zero-order valence-corrected chi connectivity index (χ0v) is 14.6. The average molecular weight is 352 g/mol. The second-order valence-corrected chi connectivity index (χ2v) is 6.50. The molecular formula is C20H20N2O4. The van der Waals surface area contributed by atoms with Gasteiger partial charge in [-0.1, -0.05) is 29.8 Å². The average Bonchev–Trinajstić information content (AvgIpc) is 2.67. The highest BCUT2D eigenvalue weighted by atomic mass is 16.6. The Bertz CT molecular complexity index is 847. The summed E-state index contributed by atoms with van der Waals surface area (Å²) in [7, 11) is 0. The van der Waals surface area contributed by atoms with E-state index in [-0.39, 0.29) is 0 Å². The molecule has 4 rings (SSSR count). The van der Waals surface area contributed by atoms with Gasteiger partial charge in [-0.3, -0.25) is 9.59 Å². The SMILES string of the molecule is Cc1ccc(CN2CCN(c3ccc4c(c3)OCCO4)C(=O)C2=O)cc1. The van der Waals surface area contributed by atoms with Crippen molar-refractivity contribution in [2.45, 2.75) is 13.5 Å². The molecule has 2 amide bonds. The first-order chi connectivity index (χ1) is 12.6. The van der Waals surface area contributed by atoms with Gasteiger partial charge in [0.15, 0.2) is 11.5 Å². The third-order valence-electron chi connectivity index (χ3n) is 4.64. The Morgan fingerprint density at radius 1 is 0.885 bits per heavy atom. The normalized spacial score (nSPS) is 16.8.